The summed E-state index contributed by atoms with van der Waals surface area (Å²) in [7, 11) is 0. The fraction of sp³-hybridized carbons (Fsp3) is 0.400. The summed E-state index contributed by atoms with van der Waals surface area (Å²) in [5.74, 6) is -1.86. The SMILES string of the molecule is N=CCC(C=N)C(=O)O. The Morgan fingerprint density at radius 3 is 2.33 bits per heavy atom. The maximum Gasteiger partial charge on any atom is 0.312 e. The van der Waals surface area contributed by atoms with Crippen LogP contribution < -0.4 is 0 Å². The highest BCUT2D eigenvalue weighted by Crippen LogP contribution is 1.95. The monoisotopic (exact) mass is 128 g/mol. The first-order chi connectivity index (χ1) is 4.22. The molecule has 0 aromatic heterocycles. The van der Waals surface area contributed by atoms with Gasteiger partial charge in [-0.2, -0.15) is 0 Å². The quantitative estimate of drug-likeness (QED) is 0.478. The minimum Gasteiger partial charge on any atom is -0.481 e. The summed E-state index contributed by atoms with van der Waals surface area (Å²) in [6.45, 7) is 0. The highest BCUT2D eigenvalue weighted by Gasteiger charge is 2.11. The van der Waals surface area contributed by atoms with E-state index in [0.717, 1.165) is 12.4 Å². The highest BCUT2D eigenvalue weighted by atomic mass is 16.4. The number of hydrogen-bond donors (Lipinski definition) is 3. The molecule has 0 rings (SSSR count). The summed E-state index contributed by atoms with van der Waals surface area (Å²) in [6.07, 6.45) is 1.93. The van der Waals surface area contributed by atoms with Gasteiger partial charge in [0.1, 0.15) is 0 Å². The minimum atomic E-state index is -1.05. The second-order valence-corrected chi connectivity index (χ2v) is 1.55. The van der Waals surface area contributed by atoms with E-state index < -0.39 is 11.9 Å². The van der Waals surface area contributed by atoms with Gasteiger partial charge in [0.2, 0.25) is 0 Å². The molecule has 0 saturated heterocycles. The standard InChI is InChI=1S/C5H8N2O2/c6-2-1-4(3-7)5(8)9/h2-4,6-7H,1H2,(H,8,9). The third kappa shape index (κ3) is 2.58. The fourth-order valence-corrected chi connectivity index (χ4v) is 0.367. The summed E-state index contributed by atoms with van der Waals surface area (Å²) in [5.41, 5.74) is 0. The summed E-state index contributed by atoms with van der Waals surface area (Å²) in [5, 5.41) is 21.4. The van der Waals surface area contributed by atoms with E-state index in [-0.39, 0.29) is 6.42 Å². The molecular weight excluding hydrogens is 120 g/mol. The molecular formula is C5H8N2O2. The Labute approximate surface area is 52.5 Å². The zero-order valence-electron chi connectivity index (χ0n) is 4.79. The van der Waals surface area contributed by atoms with Gasteiger partial charge < -0.3 is 15.9 Å². The molecule has 3 N–H and O–H groups in total. The van der Waals surface area contributed by atoms with E-state index in [0.29, 0.717) is 0 Å². The van der Waals surface area contributed by atoms with Crippen LogP contribution in [0.25, 0.3) is 0 Å². The van der Waals surface area contributed by atoms with Crippen LogP contribution >= 0.6 is 0 Å². The lowest BCUT2D eigenvalue weighted by atomic mass is 10.1. The van der Waals surface area contributed by atoms with Gasteiger partial charge in [-0.1, -0.05) is 0 Å². The lowest BCUT2D eigenvalue weighted by Crippen LogP contribution is -2.14. The molecule has 4 heteroatoms. The Morgan fingerprint density at radius 2 is 2.22 bits per heavy atom. The first-order valence-corrected chi connectivity index (χ1v) is 2.44. The minimum absolute atomic E-state index is 0.110. The maximum atomic E-state index is 10.1. The van der Waals surface area contributed by atoms with Crippen molar-refractivity contribution >= 4 is 18.4 Å². The van der Waals surface area contributed by atoms with Crippen molar-refractivity contribution in [2.45, 2.75) is 6.42 Å². The number of nitrogens with one attached hydrogen (secondary N) is 2. The summed E-state index contributed by atoms with van der Waals surface area (Å²) in [4.78, 5) is 10.1. The normalized spacial score (nSPS) is 12.0. The molecule has 4 nitrogen and oxygen atoms in total. The van der Waals surface area contributed by atoms with Crippen molar-refractivity contribution in [2.24, 2.45) is 5.92 Å². The molecule has 0 aliphatic rings. The molecule has 0 heterocycles. The summed E-state index contributed by atoms with van der Waals surface area (Å²) in [6, 6.07) is 0. The van der Waals surface area contributed by atoms with Crippen molar-refractivity contribution in [1.29, 1.82) is 10.8 Å². The smallest absolute Gasteiger partial charge is 0.312 e. The van der Waals surface area contributed by atoms with Crippen LogP contribution in [-0.4, -0.2) is 23.5 Å². The second-order valence-electron chi connectivity index (χ2n) is 1.55. The van der Waals surface area contributed by atoms with Crippen molar-refractivity contribution in [3.63, 3.8) is 0 Å². The van der Waals surface area contributed by atoms with E-state index in [1.54, 1.807) is 0 Å². The topological polar surface area (TPSA) is 85.0 Å². The van der Waals surface area contributed by atoms with Gasteiger partial charge in [-0.15, -0.1) is 0 Å². The number of aliphatic carboxylic acids is 1. The molecule has 9 heavy (non-hydrogen) atoms. The molecule has 0 fully saturated rings. The molecule has 0 spiro atoms. The predicted octanol–water partition coefficient (Wildman–Crippen LogP) is 0.376. The van der Waals surface area contributed by atoms with Crippen LogP contribution in [0.3, 0.4) is 0 Å². The van der Waals surface area contributed by atoms with Gasteiger partial charge >= 0.3 is 5.97 Å². The van der Waals surface area contributed by atoms with Crippen LogP contribution in [0.15, 0.2) is 0 Å². The van der Waals surface area contributed by atoms with Crippen molar-refractivity contribution in [2.75, 3.05) is 0 Å². The molecule has 0 bridgehead atoms. The van der Waals surface area contributed by atoms with Gasteiger partial charge in [-0.05, 0) is 6.21 Å². The molecule has 0 aliphatic heterocycles. The zero-order valence-corrected chi connectivity index (χ0v) is 4.79. The predicted molar refractivity (Wildman–Crippen MR) is 33.3 cm³/mol. The van der Waals surface area contributed by atoms with Gasteiger partial charge in [0.25, 0.3) is 0 Å². The van der Waals surface area contributed by atoms with E-state index in [1.165, 1.54) is 0 Å². The first-order valence-electron chi connectivity index (χ1n) is 2.44. The van der Waals surface area contributed by atoms with Crippen molar-refractivity contribution in [3.05, 3.63) is 0 Å². The third-order valence-electron chi connectivity index (χ3n) is 0.890. The lowest BCUT2D eigenvalue weighted by molar-refractivity contribution is -0.139. The van der Waals surface area contributed by atoms with Crippen LogP contribution in [0, 0.1) is 16.7 Å². The Morgan fingerprint density at radius 1 is 1.67 bits per heavy atom. The molecule has 0 amide bonds. The summed E-state index contributed by atoms with van der Waals surface area (Å²) >= 11 is 0. The molecule has 0 saturated carbocycles. The number of carboxylic acids is 1. The van der Waals surface area contributed by atoms with Crippen LogP contribution in [0.1, 0.15) is 6.42 Å². The van der Waals surface area contributed by atoms with Crippen LogP contribution in [-0.2, 0) is 4.79 Å². The number of carbonyl (C=O) groups is 1. The molecule has 0 aliphatic carbocycles. The van der Waals surface area contributed by atoms with Gasteiger partial charge in [0.15, 0.2) is 0 Å². The first kappa shape index (κ1) is 7.81. The summed E-state index contributed by atoms with van der Waals surface area (Å²) < 4.78 is 0. The number of carboxylic acid groups (broad SMARTS) is 1. The van der Waals surface area contributed by atoms with Crippen molar-refractivity contribution < 1.29 is 9.90 Å². The zero-order chi connectivity index (χ0) is 7.28. The number of rotatable bonds is 4. The van der Waals surface area contributed by atoms with Gasteiger partial charge in [-0.25, -0.2) is 0 Å². The van der Waals surface area contributed by atoms with E-state index in [1.807, 2.05) is 0 Å². The Kier molecular flexibility index (Phi) is 3.27. The van der Waals surface area contributed by atoms with Gasteiger partial charge in [-0.3, -0.25) is 4.79 Å². The van der Waals surface area contributed by atoms with Gasteiger partial charge in [0, 0.05) is 12.6 Å². The Bertz CT molecular complexity index is 133. The van der Waals surface area contributed by atoms with E-state index in [4.69, 9.17) is 15.9 Å². The molecule has 1 atom stereocenters. The average Bonchev–Trinajstić information content (AvgIpc) is 1.82. The van der Waals surface area contributed by atoms with E-state index in [2.05, 4.69) is 0 Å². The molecule has 1 unspecified atom stereocenters. The maximum absolute atomic E-state index is 10.1. The van der Waals surface area contributed by atoms with E-state index in [9.17, 15) is 4.79 Å². The lowest BCUT2D eigenvalue weighted by Gasteiger charge is -1.97. The van der Waals surface area contributed by atoms with Crippen LogP contribution in [0.5, 0.6) is 0 Å². The van der Waals surface area contributed by atoms with Crippen LogP contribution in [0.2, 0.25) is 0 Å². The third-order valence-corrected chi connectivity index (χ3v) is 0.890. The molecule has 0 aromatic rings. The highest BCUT2D eigenvalue weighted by molar-refractivity contribution is 5.89. The molecule has 50 valence electrons. The average molecular weight is 128 g/mol. The fourth-order valence-electron chi connectivity index (χ4n) is 0.367. The second kappa shape index (κ2) is 3.77. The largest absolute Gasteiger partial charge is 0.481 e. The molecule has 0 aromatic carbocycles. The van der Waals surface area contributed by atoms with Crippen molar-refractivity contribution in [1.82, 2.24) is 0 Å². The van der Waals surface area contributed by atoms with E-state index >= 15 is 0 Å². The van der Waals surface area contributed by atoms with Crippen LogP contribution in [0.4, 0.5) is 0 Å². The van der Waals surface area contributed by atoms with Crippen molar-refractivity contribution in [3.8, 4) is 0 Å². The Hall–Kier alpha value is -1.19. The molecule has 0 radical (unpaired) electrons. The Balaban J connectivity index is 3.81. The number of hydrogen-bond acceptors (Lipinski definition) is 3. The van der Waals surface area contributed by atoms with Gasteiger partial charge in [0.05, 0.1) is 5.92 Å².